The lowest BCUT2D eigenvalue weighted by atomic mass is 9.70. The number of carbonyl (C=O) groups is 3. The number of aliphatic hydroxyl groups excluding tert-OH is 1. The first-order valence-electron chi connectivity index (χ1n) is 11.3. The van der Waals surface area contributed by atoms with Crippen molar-refractivity contribution < 1.29 is 33.7 Å². The highest BCUT2D eigenvalue weighted by Crippen LogP contribution is 2.60. The van der Waals surface area contributed by atoms with Gasteiger partial charge < -0.3 is 29.1 Å². The predicted molar refractivity (Wildman–Crippen MR) is 127 cm³/mol. The van der Waals surface area contributed by atoms with Crippen LogP contribution in [0.3, 0.4) is 0 Å². The molecule has 34 heavy (non-hydrogen) atoms. The quantitative estimate of drug-likeness (QED) is 0.289. The fourth-order valence-electron chi connectivity index (χ4n) is 5.63. The molecule has 10 heteroatoms. The van der Waals surface area contributed by atoms with Crippen molar-refractivity contribution in [2.24, 2.45) is 11.8 Å². The van der Waals surface area contributed by atoms with Crippen LogP contribution in [0.15, 0.2) is 36.9 Å². The third-order valence-electron chi connectivity index (χ3n) is 6.88. The number of ether oxygens (including phenoxy) is 3. The first-order chi connectivity index (χ1) is 16.3. The Bertz CT molecular complexity index is 971. The molecule has 6 atom stereocenters. The van der Waals surface area contributed by atoms with Gasteiger partial charge in [0.15, 0.2) is 0 Å². The van der Waals surface area contributed by atoms with E-state index in [0.717, 1.165) is 0 Å². The van der Waals surface area contributed by atoms with Gasteiger partial charge in [0, 0.05) is 23.6 Å². The van der Waals surface area contributed by atoms with Crippen molar-refractivity contribution >= 4 is 39.4 Å². The number of nitrogens with zero attached hydrogens (tertiary/aromatic N) is 2. The van der Waals surface area contributed by atoms with Gasteiger partial charge in [0.1, 0.15) is 17.4 Å². The van der Waals surface area contributed by atoms with E-state index in [2.05, 4.69) is 22.5 Å². The Kier molecular flexibility index (Phi) is 7.02. The van der Waals surface area contributed by atoms with Crippen LogP contribution in [0, 0.1) is 11.8 Å². The van der Waals surface area contributed by atoms with Crippen molar-refractivity contribution in [3.63, 3.8) is 0 Å². The Morgan fingerprint density at radius 2 is 2.09 bits per heavy atom. The minimum absolute atomic E-state index is 0.0471. The number of fused-ring (bicyclic) bond motifs is 1. The van der Waals surface area contributed by atoms with Gasteiger partial charge >= 0.3 is 5.97 Å². The highest BCUT2D eigenvalue weighted by Gasteiger charge is 2.77. The lowest BCUT2D eigenvalue weighted by Gasteiger charge is -2.37. The zero-order valence-corrected chi connectivity index (χ0v) is 20.8. The summed E-state index contributed by atoms with van der Waals surface area (Å²) in [5.41, 5.74) is -0.599. The molecule has 3 aliphatic rings. The number of likely N-dealkylation sites (tertiary alicyclic amines) is 1. The molecule has 0 aromatic heterocycles. The fourth-order valence-corrected chi connectivity index (χ4v) is 6.57. The fraction of sp³-hybridized carbons (Fsp3) is 0.542. The number of hydrogen-bond donors (Lipinski definition) is 1. The molecule has 2 bridgehead atoms. The van der Waals surface area contributed by atoms with Crippen LogP contribution in [0.1, 0.15) is 13.3 Å². The number of β-amino-alcohol motifs (C(OH)–C–C–N with tert-alkyl or cyclic N) is 1. The number of amides is 2. The first kappa shape index (κ1) is 24.7. The smallest absolute Gasteiger partial charge is 0.312 e. The molecular weight excluding hydrogens is 508 g/mol. The van der Waals surface area contributed by atoms with Crippen molar-refractivity contribution in [1.29, 1.82) is 0 Å². The third kappa shape index (κ3) is 3.72. The molecular formula is C24H29BrN2O7. The molecule has 0 saturated carbocycles. The molecule has 2 amide bonds. The molecule has 4 rings (SSSR count). The Hall–Kier alpha value is -2.43. The number of halogens is 1. The summed E-state index contributed by atoms with van der Waals surface area (Å²) in [4.78, 5) is 43.3. The van der Waals surface area contributed by atoms with Crippen molar-refractivity contribution in [2.75, 3.05) is 38.3 Å². The molecule has 0 aliphatic carbocycles. The number of carbonyl (C=O) groups excluding carboxylic acids is 3. The topological polar surface area (TPSA) is 106 Å². The number of esters is 1. The van der Waals surface area contributed by atoms with E-state index in [4.69, 9.17) is 14.2 Å². The number of anilines is 1. The summed E-state index contributed by atoms with van der Waals surface area (Å²) in [6.45, 7) is 5.49. The average Bonchev–Trinajstić information content (AvgIpc) is 3.41. The van der Waals surface area contributed by atoms with Crippen LogP contribution in [0.25, 0.3) is 0 Å². The Balaban J connectivity index is 1.76. The van der Waals surface area contributed by atoms with E-state index < -0.39 is 35.6 Å². The van der Waals surface area contributed by atoms with Crippen LogP contribution in [-0.4, -0.2) is 83.8 Å². The van der Waals surface area contributed by atoms with E-state index in [1.54, 1.807) is 44.4 Å². The second-order valence-electron chi connectivity index (χ2n) is 8.61. The summed E-state index contributed by atoms with van der Waals surface area (Å²) in [5, 5.41) is 9.71. The van der Waals surface area contributed by atoms with Gasteiger partial charge in [-0.25, -0.2) is 0 Å². The predicted octanol–water partition coefficient (Wildman–Crippen LogP) is 1.52. The Labute approximate surface area is 206 Å². The molecule has 3 fully saturated rings. The van der Waals surface area contributed by atoms with Crippen LogP contribution < -0.4 is 9.64 Å². The summed E-state index contributed by atoms with van der Waals surface area (Å²) in [5.74, 6) is -2.28. The number of hydrogen-bond acceptors (Lipinski definition) is 7. The molecule has 3 aliphatic heterocycles. The van der Waals surface area contributed by atoms with Crippen molar-refractivity contribution in [2.45, 2.75) is 35.9 Å². The number of aliphatic hydroxyl groups is 1. The van der Waals surface area contributed by atoms with E-state index in [-0.39, 0.29) is 42.9 Å². The van der Waals surface area contributed by atoms with Crippen molar-refractivity contribution in [3.8, 4) is 5.75 Å². The van der Waals surface area contributed by atoms with Gasteiger partial charge in [-0.3, -0.25) is 14.4 Å². The normalized spacial score (nSPS) is 31.4. The summed E-state index contributed by atoms with van der Waals surface area (Å²) in [6.07, 6.45) is 1.41. The standard InChI is InChI=1S/C24H29BrN2O7/c1-4-10-26(14-6-8-15(32-3)9-7-14)22(30)20-24-13-16(25)19(34-24)17(23(31)33-5-2)18(24)21(29)27(20)11-12-28/h4,6-9,16-20,28H,1,5,10-13H2,2-3H3/t16?,17-,18+,19-,20-,24+/m1/s1. The van der Waals surface area contributed by atoms with E-state index in [9.17, 15) is 19.5 Å². The van der Waals surface area contributed by atoms with Gasteiger partial charge in [-0.1, -0.05) is 22.0 Å². The first-order valence-corrected chi connectivity index (χ1v) is 12.2. The van der Waals surface area contributed by atoms with E-state index in [1.165, 1.54) is 9.80 Å². The Morgan fingerprint density at radius 1 is 1.38 bits per heavy atom. The molecule has 3 saturated heterocycles. The zero-order chi connectivity index (χ0) is 24.6. The molecule has 3 heterocycles. The summed E-state index contributed by atoms with van der Waals surface area (Å²) in [6, 6.07) is 5.99. The minimum Gasteiger partial charge on any atom is -0.497 e. The average molecular weight is 537 g/mol. The maximum Gasteiger partial charge on any atom is 0.312 e. The van der Waals surface area contributed by atoms with Crippen LogP contribution >= 0.6 is 15.9 Å². The summed E-state index contributed by atoms with van der Waals surface area (Å²) < 4.78 is 16.9. The molecule has 184 valence electrons. The molecule has 1 aromatic carbocycles. The molecule has 1 N–H and O–H groups in total. The highest BCUT2D eigenvalue weighted by molar-refractivity contribution is 9.09. The Morgan fingerprint density at radius 3 is 2.68 bits per heavy atom. The SMILES string of the molecule is C=CCN(C(=O)[C@H]1N(CCO)C(=O)[C@@H]2[C@@H](C(=O)OCC)[C@@H]3O[C@@]21CC3Br)c1ccc(OC)cc1. The van der Waals surface area contributed by atoms with Gasteiger partial charge in [0.2, 0.25) is 5.91 Å². The van der Waals surface area contributed by atoms with Gasteiger partial charge in [-0.15, -0.1) is 6.58 Å². The summed E-state index contributed by atoms with van der Waals surface area (Å²) in [7, 11) is 1.56. The number of rotatable bonds is 9. The van der Waals surface area contributed by atoms with Gasteiger partial charge in [-0.2, -0.15) is 0 Å². The van der Waals surface area contributed by atoms with Crippen LogP contribution in [0.5, 0.6) is 5.75 Å². The van der Waals surface area contributed by atoms with Crippen LogP contribution in [-0.2, 0) is 23.9 Å². The van der Waals surface area contributed by atoms with E-state index in [1.807, 2.05) is 0 Å². The molecule has 1 aromatic rings. The number of alkyl halides is 1. The van der Waals surface area contributed by atoms with Gasteiger partial charge in [0.25, 0.3) is 5.91 Å². The zero-order valence-electron chi connectivity index (χ0n) is 19.2. The monoisotopic (exact) mass is 536 g/mol. The van der Waals surface area contributed by atoms with E-state index in [0.29, 0.717) is 17.9 Å². The van der Waals surface area contributed by atoms with Gasteiger partial charge in [-0.05, 0) is 37.6 Å². The van der Waals surface area contributed by atoms with Crippen molar-refractivity contribution in [1.82, 2.24) is 4.90 Å². The maximum atomic E-state index is 14.1. The lowest BCUT2D eigenvalue weighted by Crippen LogP contribution is -2.57. The summed E-state index contributed by atoms with van der Waals surface area (Å²) >= 11 is 3.60. The molecule has 1 unspecified atom stereocenters. The van der Waals surface area contributed by atoms with E-state index >= 15 is 0 Å². The largest absolute Gasteiger partial charge is 0.497 e. The number of methoxy groups -OCH3 is 1. The number of benzene rings is 1. The second-order valence-corrected chi connectivity index (χ2v) is 9.78. The second kappa shape index (κ2) is 9.67. The minimum atomic E-state index is -1.20. The maximum absolute atomic E-state index is 14.1. The molecule has 9 nitrogen and oxygen atoms in total. The molecule has 1 spiro atoms. The van der Waals surface area contributed by atoms with Crippen LogP contribution in [0.4, 0.5) is 5.69 Å². The van der Waals surface area contributed by atoms with Gasteiger partial charge in [0.05, 0.1) is 38.3 Å². The lowest BCUT2D eigenvalue weighted by molar-refractivity contribution is -0.154. The highest BCUT2D eigenvalue weighted by atomic mass is 79.9. The van der Waals surface area contributed by atoms with Crippen molar-refractivity contribution in [3.05, 3.63) is 36.9 Å². The third-order valence-corrected chi connectivity index (χ3v) is 7.73. The van der Waals surface area contributed by atoms with Crippen LogP contribution in [0.2, 0.25) is 0 Å². The molecule has 0 radical (unpaired) electrons.